The number of aliphatic imine (C=N–C) groups is 1. The second-order valence-electron chi connectivity index (χ2n) is 7.84. The van der Waals surface area contributed by atoms with Gasteiger partial charge in [0.2, 0.25) is 5.91 Å². The molecule has 0 spiro atoms. The van der Waals surface area contributed by atoms with Crippen LogP contribution in [0.2, 0.25) is 0 Å². The zero-order valence-electron chi connectivity index (χ0n) is 18.3. The molecule has 1 amide bonds. The summed E-state index contributed by atoms with van der Waals surface area (Å²) in [5, 5.41) is 7.36. The van der Waals surface area contributed by atoms with Crippen LogP contribution < -0.4 is 5.32 Å². The number of nitrogens with one attached hydrogen (secondary N) is 1. The number of amides is 1. The molecule has 1 N–H and O–H groups in total. The molecule has 1 aromatic carbocycles. The molecule has 2 heterocycles. The van der Waals surface area contributed by atoms with E-state index in [4.69, 9.17) is 0 Å². The van der Waals surface area contributed by atoms with Gasteiger partial charge in [0, 0.05) is 33.7 Å². The number of rotatable bonds is 7. The first-order chi connectivity index (χ1) is 14.6. The summed E-state index contributed by atoms with van der Waals surface area (Å²) in [6, 6.07) is 10.6. The molecule has 1 aliphatic heterocycles. The van der Waals surface area contributed by atoms with Gasteiger partial charge in [-0.3, -0.25) is 9.48 Å². The Morgan fingerprint density at radius 2 is 2.00 bits per heavy atom. The lowest BCUT2D eigenvalue weighted by Gasteiger charge is -2.32. The Labute approximate surface area is 179 Å². The van der Waals surface area contributed by atoms with Crippen LogP contribution in [-0.2, 0) is 24.8 Å². The molecule has 8 nitrogen and oxygen atoms in total. The second kappa shape index (κ2) is 10.8. The number of piperidine rings is 1. The van der Waals surface area contributed by atoms with Gasteiger partial charge in [0.25, 0.3) is 0 Å². The smallest absolute Gasteiger partial charge is 0.244 e. The van der Waals surface area contributed by atoms with Gasteiger partial charge in [0.05, 0.1) is 6.54 Å². The van der Waals surface area contributed by atoms with Crippen molar-refractivity contribution in [1.29, 1.82) is 0 Å². The summed E-state index contributed by atoms with van der Waals surface area (Å²) in [6.07, 6.45) is 4.74. The average Bonchev–Trinajstić information content (AvgIpc) is 3.16. The largest absolute Gasteiger partial charge is 0.357 e. The molecule has 0 atom stereocenters. The van der Waals surface area contributed by atoms with Gasteiger partial charge < -0.3 is 15.1 Å². The molecule has 1 saturated heterocycles. The molecule has 0 saturated carbocycles. The van der Waals surface area contributed by atoms with Crippen LogP contribution in [0.5, 0.6) is 0 Å². The summed E-state index contributed by atoms with van der Waals surface area (Å²) >= 11 is 0. The van der Waals surface area contributed by atoms with Crippen LogP contribution in [0.4, 0.5) is 0 Å². The lowest BCUT2D eigenvalue weighted by atomic mass is 9.90. The first kappa shape index (κ1) is 21.8. The number of guanidine groups is 1. The topological polar surface area (TPSA) is 78.7 Å². The molecule has 8 heteroatoms. The summed E-state index contributed by atoms with van der Waals surface area (Å²) in [6.45, 7) is 5.12. The second-order valence-corrected chi connectivity index (χ2v) is 7.84. The van der Waals surface area contributed by atoms with Gasteiger partial charge in [-0.2, -0.15) is 5.10 Å². The number of aromatic nitrogens is 3. The van der Waals surface area contributed by atoms with Gasteiger partial charge in [-0.1, -0.05) is 30.3 Å². The highest BCUT2D eigenvalue weighted by Gasteiger charge is 2.23. The Morgan fingerprint density at radius 1 is 1.27 bits per heavy atom. The fourth-order valence-electron chi connectivity index (χ4n) is 3.80. The maximum Gasteiger partial charge on any atom is 0.244 e. The van der Waals surface area contributed by atoms with Crippen molar-refractivity contribution in [1.82, 2.24) is 29.9 Å². The molecule has 162 valence electrons. The Kier molecular flexibility index (Phi) is 7.82. The molecular formula is C22H33N7O. The minimum Gasteiger partial charge on any atom is -0.357 e. The van der Waals surface area contributed by atoms with E-state index in [0.29, 0.717) is 18.4 Å². The molecule has 2 aromatic rings. The number of aryl methyl sites for hydroxylation is 1. The summed E-state index contributed by atoms with van der Waals surface area (Å²) < 4.78 is 1.74. The third-order valence-corrected chi connectivity index (χ3v) is 5.58. The van der Waals surface area contributed by atoms with Crippen LogP contribution in [0.25, 0.3) is 0 Å². The summed E-state index contributed by atoms with van der Waals surface area (Å²) in [4.78, 5) is 25.5. The van der Waals surface area contributed by atoms with E-state index >= 15 is 0 Å². The number of likely N-dealkylation sites (tertiary alicyclic amines) is 1. The van der Waals surface area contributed by atoms with Crippen molar-refractivity contribution in [2.75, 3.05) is 33.2 Å². The van der Waals surface area contributed by atoms with Crippen LogP contribution in [0, 0.1) is 5.92 Å². The highest BCUT2D eigenvalue weighted by Crippen LogP contribution is 2.21. The lowest BCUT2D eigenvalue weighted by molar-refractivity contribution is -0.131. The van der Waals surface area contributed by atoms with Gasteiger partial charge in [-0.25, -0.2) is 9.98 Å². The van der Waals surface area contributed by atoms with Crippen molar-refractivity contribution in [3.05, 3.63) is 48.0 Å². The predicted molar refractivity (Wildman–Crippen MR) is 118 cm³/mol. The Morgan fingerprint density at radius 3 is 2.63 bits per heavy atom. The van der Waals surface area contributed by atoms with Crippen molar-refractivity contribution in [3.63, 3.8) is 0 Å². The molecule has 3 rings (SSSR count). The van der Waals surface area contributed by atoms with Crippen molar-refractivity contribution < 1.29 is 4.79 Å². The van der Waals surface area contributed by atoms with E-state index in [9.17, 15) is 4.79 Å². The molecule has 0 bridgehead atoms. The zero-order valence-corrected chi connectivity index (χ0v) is 18.3. The van der Waals surface area contributed by atoms with E-state index in [2.05, 4.69) is 50.7 Å². The molecule has 30 heavy (non-hydrogen) atoms. The number of hydrogen-bond donors (Lipinski definition) is 1. The first-order valence-electron chi connectivity index (χ1n) is 10.7. The van der Waals surface area contributed by atoms with Crippen molar-refractivity contribution in [3.8, 4) is 0 Å². The van der Waals surface area contributed by atoms with E-state index in [1.807, 2.05) is 30.8 Å². The standard InChI is InChI=1S/C22H33N7O/c1-4-23-22(27(2)16-20-25-17-26-28(20)3)24-15-21(30)29-12-10-19(11-13-29)14-18-8-6-5-7-9-18/h5-9,17,19H,4,10-16H2,1-3H3,(H,23,24). The monoisotopic (exact) mass is 411 g/mol. The van der Waals surface area contributed by atoms with E-state index < -0.39 is 0 Å². The molecule has 1 aliphatic rings. The van der Waals surface area contributed by atoms with Gasteiger partial charge in [-0.05, 0) is 37.7 Å². The normalized spacial score (nSPS) is 15.3. The number of carbonyl (C=O) groups excluding carboxylic acids is 1. The highest BCUT2D eigenvalue weighted by atomic mass is 16.2. The number of nitrogens with zero attached hydrogens (tertiary/aromatic N) is 6. The van der Waals surface area contributed by atoms with Crippen LogP contribution in [0.3, 0.4) is 0 Å². The Bertz CT molecular complexity index is 825. The Balaban J connectivity index is 1.49. The first-order valence-corrected chi connectivity index (χ1v) is 10.7. The third-order valence-electron chi connectivity index (χ3n) is 5.58. The number of benzene rings is 1. The van der Waals surface area contributed by atoms with E-state index in [1.54, 1.807) is 4.68 Å². The van der Waals surface area contributed by atoms with Crippen molar-refractivity contribution in [2.45, 2.75) is 32.7 Å². The molecule has 0 radical (unpaired) electrons. The minimum absolute atomic E-state index is 0.0932. The van der Waals surface area contributed by atoms with Gasteiger partial charge in [0.15, 0.2) is 5.96 Å². The van der Waals surface area contributed by atoms with Gasteiger partial charge in [0.1, 0.15) is 18.7 Å². The minimum atomic E-state index is 0.0932. The molecular weight excluding hydrogens is 378 g/mol. The van der Waals surface area contributed by atoms with Crippen molar-refractivity contribution >= 4 is 11.9 Å². The third kappa shape index (κ3) is 6.05. The Hall–Kier alpha value is -2.90. The fourth-order valence-corrected chi connectivity index (χ4v) is 3.80. The van der Waals surface area contributed by atoms with Crippen molar-refractivity contribution in [2.24, 2.45) is 18.0 Å². The van der Waals surface area contributed by atoms with E-state index in [1.165, 1.54) is 11.9 Å². The molecule has 0 unspecified atom stereocenters. The van der Waals surface area contributed by atoms with Gasteiger partial charge >= 0.3 is 0 Å². The number of carbonyl (C=O) groups is 1. The quantitative estimate of drug-likeness (QED) is 0.554. The van der Waals surface area contributed by atoms with Crippen LogP contribution in [0.1, 0.15) is 31.2 Å². The van der Waals surface area contributed by atoms with Crippen LogP contribution in [0.15, 0.2) is 41.7 Å². The van der Waals surface area contributed by atoms with Crippen LogP contribution in [-0.4, -0.2) is 69.7 Å². The molecule has 1 fully saturated rings. The molecule has 0 aliphatic carbocycles. The van der Waals surface area contributed by atoms with Crippen LogP contribution >= 0.6 is 0 Å². The van der Waals surface area contributed by atoms with E-state index in [0.717, 1.165) is 44.7 Å². The summed E-state index contributed by atoms with van der Waals surface area (Å²) in [5.74, 6) is 2.29. The van der Waals surface area contributed by atoms with Gasteiger partial charge in [-0.15, -0.1) is 0 Å². The lowest BCUT2D eigenvalue weighted by Crippen LogP contribution is -2.42. The summed E-state index contributed by atoms with van der Waals surface area (Å²) in [7, 11) is 3.81. The summed E-state index contributed by atoms with van der Waals surface area (Å²) in [5.41, 5.74) is 1.38. The predicted octanol–water partition coefficient (Wildman–Crippen LogP) is 1.69. The maximum absolute atomic E-state index is 12.7. The SMILES string of the molecule is CCNC(=NCC(=O)N1CCC(Cc2ccccc2)CC1)N(C)Cc1ncnn1C. The fraction of sp³-hybridized carbons (Fsp3) is 0.545. The maximum atomic E-state index is 12.7. The van der Waals surface area contributed by atoms with E-state index in [-0.39, 0.29) is 12.5 Å². The highest BCUT2D eigenvalue weighted by molar-refractivity contribution is 5.84. The molecule has 1 aromatic heterocycles. The average molecular weight is 412 g/mol. The zero-order chi connectivity index (χ0) is 21.3. The number of hydrogen-bond acceptors (Lipinski definition) is 4.